The van der Waals surface area contributed by atoms with Crippen LogP contribution in [-0.2, 0) is 0 Å². The average molecular weight is 406 g/mol. The molecule has 1 aliphatic heterocycles. The second-order valence-electron chi connectivity index (χ2n) is 6.66. The Morgan fingerprint density at radius 2 is 1.48 bits per heavy atom. The molecule has 0 aliphatic carbocycles. The Morgan fingerprint density at radius 3 is 2.14 bits per heavy atom. The van der Waals surface area contributed by atoms with Gasteiger partial charge in [0.15, 0.2) is 11.5 Å². The van der Waals surface area contributed by atoms with Crippen molar-refractivity contribution < 1.29 is 14.2 Å². The Bertz CT molecular complexity index is 1010. The maximum absolute atomic E-state index is 5.58. The zero-order valence-electron chi connectivity index (χ0n) is 16.7. The van der Waals surface area contributed by atoms with Gasteiger partial charge < -0.3 is 14.2 Å². The smallest absolute Gasteiger partial charge is 0.203 e. The van der Waals surface area contributed by atoms with E-state index in [0.29, 0.717) is 17.2 Å². The molecule has 4 nitrogen and oxygen atoms in total. The molecule has 0 radical (unpaired) electrons. The fourth-order valence-electron chi connectivity index (χ4n) is 3.50. The van der Waals surface area contributed by atoms with Crippen molar-refractivity contribution in [1.82, 2.24) is 0 Å². The van der Waals surface area contributed by atoms with Crippen molar-refractivity contribution in [2.75, 3.05) is 21.3 Å². The van der Waals surface area contributed by atoms with Gasteiger partial charge >= 0.3 is 0 Å². The number of fused-ring (bicyclic) bond motifs is 1. The standard InChI is InChI=1S/C24H23NO3S/c1-26-20-13-17(14-21(27-2)24(20)28-3)23-15-19(16-9-5-4-6-10-16)25-18-11-7-8-12-22(18)29-23/h4-14,23H,15H2,1-3H3/t23-/m0/s1. The second-order valence-corrected chi connectivity index (χ2v) is 7.91. The van der Waals surface area contributed by atoms with Crippen molar-refractivity contribution in [3.63, 3.8) is 0 Å². The summed E-state index contributed by atoms with van der Waals surface area (Å²) >= 11 is 1.81. The number of thioether (sulfide) groups is 1. The first kappa shape index (κ1) is 19.4. The van der Waals surface area contributed by atoms with Crippen LogP contribution in [0.15, 0.2) is 76.6 Å². The van der Waals surface area contributed by atoms with Crippen LogP contribution < -0.4 is 14.2 Å². The number of nitrogens with zero attached hydrogens (tertiary/aromatic N) is 1. The summed E-state index contributed by atoms with van der Waals surface area (Å²) in [5.74, 6) is 1.94. The molecule has 0 amide bonds. The lowest BCUT2D eigenvalue weighted by molar-refractivity contribution is 0.324. The molecule has 0 N–H and O–H groups in total. The minimum atomic E-state index is 0.159. The van der Waals surface area contributed by atoms with E-state index in [2.05, 4.69) is 42.5 Å². The highest BCUT2D eigenvalue weighted by Gasteiger charge is 2.25. The zero-order valence-corrected chi connectivity index (χ0v) is 17.5. The molecule has 4 rings (SSSR count). The minimum absolute atomic E-state index is 0.159. The van der Waals surface area contributed by atoms with Crippen LogP contribution in [0.4, 0.5) is 5.69 Å². The van der Waals surface area contributed by atoms with E-state index >= 15 is 0 Å². The summed E-state index contributed by atoms with van der Waals surface area (Å²) in [7, 11) is 4.91. The van der Waals surface area contributed by atoms with E-state index in [1.54, 1.807) is 21.3 Å². The predicted molar refractivity (Wildman–Crippen MR) is 118 cm³/mol. The predicted octanol–water partition coefficient (Wildman–Crippen LogP) is 6.07. The fourth-order valence-corrected chi connectivity index (χ4v) is 4.71. The highest BCUT2D eigenvalue weighted by molar-refractivity contribution is 7.99. The number of methoxy groups -OCH3 is 3. The number of para-hydroxylation sites is 1. The van der Waals surface area contributed by atoms with Gasteiger partial charge in [0.2, 0.25) is 5.75 Å². The van der Waals surface area contributed by atoms with Crippen LogP contribution in [0.3, 0.4) is 0 Å². The summed E-state index contributed by atoms with van der Waals surface area (Å²) < 4.78 is 16.6. The molecule has 0 spiro atoms. The number of hydrogen-bond donors (Lipinski definition) is 0. The third kappa shape index (κ3) is 3.96. The lowest BCUT2D eigenvalue weighted by Gasteiger charge is -2.20. The van der Waals surface area contributed by atoms with Gasteiger partial charge in [-0.15, -0.1) is 11.8 Å². The lowest BCUT2D eigenvalue weighted by atomic mass is 10.0. The Balaban J connectivity index is 1.82. The van der Waals surface area contributed by atoms with E-state index in [9.17, 15) is 0 Å². The number of rotatable bonds is 5. The molecule has 0 unspecified atom stereocenters. The van der Waals surface area contributed by atoms with E-state index < -0.39 is 0 Å². The number of aliphatic imine (C=N–C) groups is 1. The monoisotopic (exact) mass is 405 g/mol. The van der Waals surface area contributed by atoms with Gasteiger partial charge in [-0.2, -0.15) is 0 Å². The highest BCUT2D eigenvalue weighted by atomic mass is 32.2. The summed E-state index contributed by atoms with van der Waals surface area (Å²) in [6.45, 7) is 0. The molecular formula is C24H23NO3S. The first-order valence-electron chi connectivity index (χ1n) is 9.42. The van der Waals surface area contributed by atoms with E-state index in [1.807, 2.05) is 36.0 Å². The van der Waals surface area contributed by atoms with Crippen LogP contribution in [0.2, 0.25) is 0 Å². The van der Waals surface area contributed by atoms with Crippen molar-refractivity contribution in [3.05, 3.63) is 77.9 Å². The van der Waals surface area contributed by atoms with Crippen molar-refractivity contribution in [3.8, 4) is 17.2 Å². The quantitative estimate of drug-likeness (QED) is 0.516. The molecule has 0 aromatic heterocycles. The van der Waals surface area contributed by atoms with E-state index in [0.717, 1.165) is 33.8 Å². The molecule has 148 valence electrons. The van der Waals surface area contributed by atoms with Gasteiger partial charge in [-0.05, 0) is 35.4 Å². The molecule has 5 heteroatoms. The van der Waals surface area contributed by atoms with Crippen LogP contribution in [0, 0.1) is 0 Å². The summed E-state index contributed by atoms with van der Waals surface area (Å²) in [5, 5.41) is 0.159. The maximum Gasteiger partial charge on any atom is 0.203 e. The largest absolute Gasteiger partial charge is 0.493 e. The van der Waals surface area contributed by atoms with Crippen molar-refractivity contribution in [2.45, 2.75) is 16.6 Å². The van der Waals surface area contributed by atoms with Crippen LogP contribution in [0.1, 0.15) is 22.8 Å². The van der Waals surface area contributed by atoms with Gasteiger partial charge in [0.05, 0.1) is 27.0 Å². The zero-order chi connectivity index (χ0) is 20.2. The van der Waals surface area contributed by atoms with Gasteiger partial charge in [0, 0.05) is 22.3 Å². The van der Waals surface area contributed by atoms with Crippen LogP contribution in [0.5, 0.6) is 17.2 Å². The third-order valence-electron chi connectivity index (χ3n) is 4.93. The SMILES string of the molecule is COc1cc([C@@H]2CC(c3ccccc3)=Nc3ccccc3S2)cc(OC)c1OC. The van der Waals surface area contributed by atoms with Gasteiger partial charge in [0.25, 0.3) is 0 Å². The van der Waals surface area contributed by atoms with E-state index in [4.69, 9.17) is 19.2 Å². The van der Waals surface area contributed by atoms with Crippen LogP contribution >= 0.6 is 11.8 Å². The van der Waals surface area contributed by atoms with Gasteiger partial charge in [-0.1, -0.05) is 42.5 Å². The molecule has 1 heterocycles. The van der Waals surface area contributed by atoms with Crippen molar-refractivity contribution in [1.29, 1.82) is 0 Å². The summed E-state index contributed by atoms with van der Waals surface area (Å²) in [5.41, 5.74) is 4.33. The van der Waals surface area contributed by atoms with Gasteiger partial charge in [-0.25, -0.2) is 0 Å². The Hall–Kier alpha value is -2.92. The first-order chi connectivity index (χ1) is 14.2. The third-order valence-corrected chi connectivity index (χ3v) is 6.26. The lowest BCUT2D eigenvalue weighted by Crippen LogP contribution is -2.06. The molecule has 0 saturated carbocycles. The molecule has 0 saturated heterocycles. The molecule has 1 atom stereocenters. The van der Waals surface area contributed by atoms with Crippen molar-refractivity contribution >= 4 is 23.2 Å². The van der Waals surface area contributed by atoms with Crippen LogP contribution in [0.25, 0.3) is 0 Å². The molecule has 0 bridgehead atoms. The van der Waals surface area contributed by atoms with Gasteiger partial charge in [0.1, 0.15) is 0 Å². The summed E-state index contributed by atoms with van der Waals surface area (Å²) in [6.07, 6.45) is 0.794. The summed E-state index contributed by atoms with van der Waals surface area (Å²) in [4.78, 5) is 6.18. The minimum Gasteiger partial charge on any atom is -0.493 e. The maximum atomic E-state index is 5.58. The number of ether oxygens (including phenoxy) is 3. The molecular weight excluding hydrogens is 382 g/mol. The number of hydrogen-bond acceptors (Lipinski definition) is 5. The average Bonchev–Trinajstić information content (AvgIpc) is 2.98. The fraction of sp³-hybridized carbons (Fsp3) is 0.208. The molecule has 29 heavy (non-hydrogen) atoms. The Morgan fingerprint density at radius 1 is 0.828 bits per heavy atom. The molecule has 1 aliphatic rings. The Kier molecular flexibility index (Phi) is 5.76. The first-order valence-corrected chi connectivity index (χ1v) is 10.3. The van der Waals surface area contributed by atoms with E-state index in [1.165, 1.54) is 0 Å². The normalized spacial score (nSPS) is 15.7. The Labute approximate surface area is 175 Å². The van der Waals surface area contributed by atoms with Crippen LogP contribution in [-0.4, -0.2) is 27.0 Å². The topological polar surface area (TPSA) is 40.0 Å². The second kappa shape index (κ2) is 8.62. The molecule has 0 fully saturated rings. The molecule has 3 aromatic carbocycles. The van der Waals surface area contributed by atoms with E-state index in [-0.39, 0.29) is 5.25 Å². The molecule has 3 aromatic rings. The number of benzene rings is 3. The van der Waals surface area contributed by atoms with Crippen molar-refractivity contribution in [2.24, 2.45) is 4.99 Å². The van der Waals surface area contributed by atoms with Gasteiger partial charge in [-0.3, -0.25) is 4.99 Å². The highest BCUT2D eigenvalue weighted by Crippen LogP contribution is 2.49. The summed E-state index contributed by atoms with van der Waals surface area (Å²) in [6, 6.07) is 22.7.